The largest absolute Gasteiger partial charge is 0.500 e. The first-order chi connectivity index (χ1) is 16.4. The minimum absolute atomic E-state index is 0.207. The predicted octanol–water partition coefficient (Wildman–Crippen LogP) is 5.33. The second-order valence-corrected chi connectivity index (χ2v) is 11.6. The summed E-state index contributed by atoms with van der Waals surface area (Å²) in [4.78, 5) is 27.7. The van der Waals surface area contributed by atoms with Crippen molar-refractivity contribution in [3.8, 4) is 0 Å². The number of nitrogens with zero attached hydrogens (tertiary/aromatic N) is 1. The van der Waals surface area contributed by atoms with Crippen molar-refractivity contribution in [2.24, 2.45) is 5.92 Å². The molecule has 0 fully saturated rings. The summed E-state index contributed by atoms with van der Waals surface area (Å²) in [5, 5.41) is 5.12. The Morgan fingerprint density at radius 3 is 2.12 bits per heavy atom. The standard InChI is InChI=1S/C26H38N2O5Si/c1-6-31-34(32-7-2,33-8-3)18-10-16-27-23-14-13-22-24-20(23)11-9-12-21(24)25(29)28(26(22)30)17-15-19(4)5/h9,11-14,19,27H,6-8,10,15-18H2,1-5H3. The molecule has 0 unspecified atom stereocenters. The summed E-state index contributed by atoms with van der Waals surface area (Å²) in [6, 6.07) is 10.2. The van der Waals surface area contributed by atoms with Gasteiger partial charge in [0.2, 0.25) is 0 Å². The molecule has 2 aromatic rings. The molecule has 34 heavy (non-hydrogen) atoms. The monoisotopic (exact) mass is 486 g/mol. The summed E-state index contributed by atoms with van der Waals surface area (Å²) >= 11 is 0. The van der Waals surface area contributed by atoms with Crippen LogP contribution in [0.15, 0.2) is 30.3 Å². The number of carbonyl (C=O) groups excluding carboxylic acids is 2. The molecule has 2 aromatic carbocycles. The molecule has 0 radical (unpaired) electrons. The van der Waals surface area contributed by atoms with E-state index in [1.807, 2.05) is 51.1 Å². The van der Waals surface area contributed by atoms with Crippen molar-refractivity contribution in [1.82, 2.24) is 4.90 Å². The first kappa shape index (κ1) is 26.3. The van der Waals surface area contributed by atoms with Gasteiger partial charge in [0.25, 0.3) is 11.8 Å². The van der Waals surface area contributed by atoms with Crippen molar-refractivity contribution < 1.29 is 22.9 Å². The van der Waals surface area contributed by atoms with E-state index in [1.54, 1.807) is 0 Å². The normalized spacial score (nSPS) is 13.9. The molecule has 186 valence electrons. The van der Waals surface area contributed by atoms with E-state index in [0.29, 0.717) is 50.0 Å². The predicted molar refractivity (Wildman–Crippen MR) is 137 cm³/mol. The van der Waals surface area contributed by atoms with E-state index in [2.05, 4.69) is 19.2 Å². The average Bonchev–Trinajstić information content (AvgIpc) is 2.81. The van der Waals surface area contributed by atoms with Crippen molar-refractivity contribution >= 4 is 37.1 Å². The van der Waals surface area contributed by atoms with Gasteiger partial charge in [0, 0.05) is 66.5 Å². The zero-order chi connectivity index (χ0) is 24.7. The Morgan fingerprint density at radius 1 is 0.912 bits per heavy atom. The van der Waals surface area contributed by atoms with E-state index in [-0.39, 0.29) is 11.8 Å². The van der Waals surface area contributed by atoms with Crippen LogP contribution in [0.2, 0.25) is 6.04 Å². The van der Waals surface area contributed by atoms with Crippen LogP contribution in [-0.2, 0) is 13.3 Å². The van der Waals surface area contributed by atoms with Crippen LogP contribution < -0.4 is 5.32 Å². The highest BCUT2D eigenvalue weighted by molar-refractivity contribution is 6.60. The number of rotatable bonds is 14. The molecule has 1 aliphatic rings. The Balaban J connectivity index is 1.77. The second-order valence-electron chi connectivity index (χ2n) is 8.85. The zero-order valence-electron chi connectivity index (χ0n) is 21.1. The lowest BCUT2D eigenvalue weighted by molar-refractivity contribution is 0.0603. The number of hydrogen-bond acceptors (Lipinski definition) is 6. The number of hydrogen-bond donors (Lipinski definition) is 1. The molecule has 0 aromatic heterocycles. The maximum Gasteiger partial charge on any atom is 0.500 e. The Kier molecular flexibility index (Phi) is 9.24. The summed E-state index contributed by atoms with van der Waals surface area (Å²) < 4.78 is 17.8. The molecule has 0 spiro atoms. The molecule has 0 aliphatic carbocycles. The third-order valence-corrected chi connectivity index (χ3v) is 9.14. The quantitative estimate of drug-likeness (QED) is 0.221. The van der Waals surface area contributed by atoms with Crippen LogP contribution in [0.4, 0.5) is 5.69 Å². The fourth-order valence-electron chi connectivity index (χ4n) is 4.42. The number of imide groups is 1. The van der Waals surface area contributed by atoms with Gasteiger partial charge in [-0.15, -0.1) is 0 Å². The fraction of sp³-hybridized carbons (Fsp3) is 0.538. The highest BCUT2D eigenvalue weighted by atomic mass is 28.4. The summed E-state index contributed by atoms with van der Waals surface area (Å²) in [7, 11) is -2.68. The zero-order valence-corrected chi connectivity index (χ0v) is 22.1. The minimum Gasteiger partial charge on any atom is -0.385 e. The van der Waals surface area contributed by atoms with Crippen LogP contribution in [0, 0.1) is 5.92 Å². The summed E-state index contributed by atoms with van der Waals surface area (Å²) in [6.45, 7) is 12.9. The molecule has 0 saturated heterocycles. The molecule has 7 nitrogen and oxygen atoms in total. The first-order valence-corrected chi connectivity index (χ1v) is 14.4. The van der Waals surface area contributed by atoms with E-state index in [0.717, 1.165) is 35.3 Å². The van der Waals surface area contributed by atoms with Crippen molar-refractivity contribution in [2.75, 3.05) is 38.2 Å². The van der Waals surface area contributed by atoms with Crippen molar-refractivity contribution in [3.05, 3.63) is 41.5 Å². The molecule has 0 saturated carbocycles. The number of benzene rings is 2. The third-order valence-electron chi connectivity index (χ3n) is 5.99. The summed E-state index contributed by atoms with van der Waals surface area (Å²) in [5.41, 5.74) is 2.10. The molecular weight excluding hydrogens is 448 g/mol. The molecule has 3 rings (SSSR count). The molecule has 0 bridgehead atoms. The Hall–Kier alpha value is -2.26. The highest BCUT2D eigenvalue weighted by Gasteiger charge is 2.39. The lowest BCUT2D eigenvalue weighted by Gasteiger charge is -2.29. The summed E-state index contributed by atoms with van der Waals surface area (Å²) in [5.74, 6) is 0.00277. The lowest BCUT2D eigenvalue weighted by Crippen LogP contribution is -2.46. The van der Waals surface area contributed by atoms with Gasteiger partial charge in [0.05, 0.1) is 0 Å². The topological polar surface area (TPSA) is 77.1 Å². The van der Waals surface area contributed by atoms with Crippen molar-refractivity contribution in [2.45, 2.75) is 53.5 Å². The molecule has 1 heterocycles. The number of anilines is 1. The smallest absolute Gasteiger partial charge is 0.385 e. The maximum absolute atomic E-state index is 13.1. The van der Waals surface area contributed by atoms with Gasteiger partial charge in [0.1, 0.15) is 0 Å². The van der Waals surface area contributed by atoms with Crippen LogP contribution in [0.25, 0.3) is 10.8 Å². The van der Waals surface area contributed by atoms with E-state index in [9.17, 15) is 9.59 Å². The number of carbonyl (C=O) groups is 2. The lowest BCUT2D eigenvalue weighted by atomic mass is 9.92. The Bertz CT molecular complexity index is 971. The van der Waals surface area contributed by atoms with Crippen LogP contribution >= 0.6 is 0 Å². The molecule has 8 heteroatoms. The van der Waals surface area contributed by atoms with E-state index in [4.69, 9.17) is 13.3 Å². The summed E-state index contributed by atoms with van der Waals surface area (Å²) in [6.07, 6.45) is 1.61. The Labute approximate surface area is 204 Å². The van der Waals surface area contributed by atoms with Gasteiger partial charge in [-0.2, -0.15) is 0 Å². The number of nitrogens with one attached hydrogen (secondary N) is 1. The van der Waals surface area contributed by atoms with Gasteiger partial charge in [0.15, 0.2) is 0 Å². The molecule has 0 atom stereocenters. The second kappa shape index (κ2) is 11.9. The third kappa shape index (κ3) is 5.68. The van der Waals surface area contributed by atoms with Gasteiger partial charge in [-0.3, -0.25) is 14.5 Å². The Morgan fingerprint density at radius 2 is 1.53 bits per heavy atom. The highest BCUT2D eigenvalue weighted by Crippen LogP contribution is 2.34. The maximum atomic E-state index is 13.1. The fourth-order valence-corrected chi connectivity index (χ4v) is 7.03. The van der Waals surface area contributed by atoms with Crippen LogP contribution in [0.1, 0.15) is 68.2 Å². The van der Waals surface area contributed by atoms with Gasteiger partial charge in [-0.25, -0.2) is 0 Å². The van der Waals surface area contributed by atoms with E-state index >= 15 is 0 Å². The molecular formula is C26H38N2O5Si. The van der Waals surface area contributed by atoms with Crippen molar-refractivity contribution in [3.63, 3.8) is 0 Å². The minimum atomic E-state index is -2.68. The van der Waals surface area contributed by atoms with Gasteiger partial charge < -0.3 is 18.6 Å². The molecule has 2 amide bonds. The average molecular weight is 487 g/mol. The van der Waals surface area contributed by atoms with E-state index < -0.39 is 8.80 Å². The van der Waals surface area contributed by atoms with Crippen molar-refractivity contribution in [1.29, 1.82) is 0 Å². The van der Waals surface area contributed by atoms with Gasteiger partial charge >= 0.3 is 8.80 Å². The van der Waals surface area contributed by atoms with Crippen LogP contribution in [-0.4, -0.2) is 58.4 Å². The van der Waals surface area contributed by atoms with Gasteiger partial charge in [-0.05, 0) is 57.7 Å². The van der Waals surface area contributed by atoms with Gasteiger partial charge in [-0.1, -0.05) is 26.0 Å². The van der Waals surface area contributed by atoms with Crippen LogP contribution in [0.3, 0.4) is 0 Å². The molecule has 1 aliphatic heterocycles. The van der Waals surface area contributed by atoms with Crippen LogP contribution in [0.5, 0.6) is 0 Å². The molecule has 1 N–H and O–H groups in total. The SMILES string of the molecule is CCO[Si](CCCNc1ccc2c3c(cccc13)C(=O)N(CCC(C)C)C2=O)(OCC)OCC. The number of amides is 2. The van der Waals surface area contributed by atoms with E-state index in [1.165, 1.54) is 4.90 Å². The first-order valence-electron chi connectivity index (χ1n) is 12.4.